The van der Waals surface area contributed by atoms with Gasteiger partial charge in [-0.2, -0.15) is 0 Å². The lowest BCUT2D eigenvalue weighted by Crippen LogP contribution is -2.49. The molecule has 18 heavy (non-hydrogen) atoms. The normalized spacial score (nSPS) is 11.4. The molecule has 0 saturated carbocycles. The van der Waals surface area contributed by atoms with Crippen LogP contribution in [0.2, 0.25) is 0 Å². The second-order valence-corrected chi connectivity index (χ2v) is 5.14. The minimum absolute atomic E-state index is 0.0849. The molecule has 0 heterocycles. The van der Waals surface area contributed by atoms with Gasteiger partial charge >= 0.3 is 6.03 Å². The Morgan fingerprint density at radius 3 is 2.33 bits per heavy atom. The maximum absolute atomic E-state index is 11.7. The van der Waals surface area contributed by atoms with Gasteiger partial charge in [-0.05, 0) is 52.2 Å². The van der Waals surface area contributed by atoms with Crippen molar-refractivity contribution >= 4 is 17.4 Å². The Hall–Kier alpha value is -1.75. The fourth-order valence-electron chi connectivity index (χ4n) is 1.20. The topological polar surface area (TPSA) is 70.4 Å². The maximum Gasteiger partial charge on any atom is 0.319 e. The number of amides is 2. The number of carbonyl (C=O) groups excluding carboxylic acids is 1. The zero-order chi connectivity index (χ0) is 13.8. The van der Waals surface area contributed by atoms with Crippen LogP contribution >= 0.6 is 0 Å². The Balaban J connectivity index is 2.45. The van der Waals surface area contributed by atoms with Crippen LogP contribution < -0.4 is 16.4 Å². The van der Waals surface area contributed by atoms with E-state index < -0.39 is 0 Å². The van der Waals surface area contributed by atoms with Gasteiger partial charge in [0.15, 0.2) is 0 Å². The van der Waals surface area contributed by atoms with Crippen LogP contribution in [0, 0.1) is 0 Å². The molecule has 0 aliphatic heterocycles. The molecule has 0 bridgehead atoms. The van der Waals surface area contributed by atoms with Crippen molar-refractivity contribution in [3.05, 3.63) is 24.3 Å². The van der Waals surface area contributed by atoms with Gasteiger partial charge in [0.1, 0.15) is 0 Å². The maximum atomic E-state index is 11.7. The number of nitrogens with zero attached hydrogens (tertiary/aromatic N) is 1. The largest absolute Gasteiger partial charge is 0.399 e. The van der Waals surface area contributed by atoms with Crippen molar-refractivity contribution in [3.63, 3.8) is 0 Å². The molecule has 5 nitrogen and oxygen atoms in total. The molecule has 0 radical (unpaired) electrons. The van der Waals surface area contributed by atoms with Crippen molar-refractivity contribution in [1.29, 1.82) is 0 Å². The molecule has 1 aromatic carbocycles. The number of likely N-dealkylation sites (N-methyl/N-ethyl adjacent to an activating group) is 1. The third-order valence-corrected chi connectivity index (χ3v) is 3.06. The number of carbonyl (C=O) groups is 1. The monoisotopic (exact) mass is 250 g/mol. The molecule has 2 amide bonds. The SMILES string of the molecule is CN(C)C(C)(C)CNC(=O)Nc1ccc(N)cc1. The van der Waals surface area contributed by atoms with E-state index in [1.54, 1.807) is 24.3 Å². The zero-order valence-corrected chi connectivity index (χ0v) is 11.4. The lowest BCUT2D eigenvalue weighted by Gasteiger charge is -2.32. The molecule has 0 saturated heterocycles. The standard InChI is InChI=1S/C13H22N4O/c1-13(2,17(3)4)9-15-12(18)16-11-7-5-10(14)6-8-11/h5-8H,9,14H2,1-4H3,(H2,15,16,18). The highest BCUT2D eigenvalue weighted by Crippen LogP contribution is 2.11. The first-order valence-electron chi connectivity index (χ1n) is 5.89. The quantitative estimate of drug-likeness (QED) is 0.713. The van der Waals surface area contributed by atoms with Crippen LogP contribution in [0.1, 0.15) is 13.8 Å². The van der Waals surface area contributed by atoms with Crippen molar-refractivity contribution in [3.8, 4) is 0 Å². The minimum Gasteiger partial charge on any atom is -0.399 e. The number of nitrogen functional groups attached to an aromatic ring is 1. The Bertz CT molecular complexity index is 398. The minimum atomic E-state index is -0.213. The van der Waals surface area contributed by atoms with E-state index in [0.717, 1.165) is 5.69 Å². The summed E-state index contributed by atoms with van der Waals surface area (Å²) in [6.07, 6.45) is 0. The molecule has 100 valence electrons. The smallest absolute Gasteiger partial charge is 0.319 e. The summed E-state index contributed by atoms with van der Waals surface area (Å²) < 4.78 is 0. The first-order valence-corrected chi connectivity index (χ1v) is 5.89. The molecular weight excluding hydrogens is 228 g/mol. The molecule has 1 rings (SSSR count). The Labute approximate surface area is 108 Å². The van der Waals surface area contributed by atoms with E-state index in [-0.39, 0.29) is 11.6 Å². The van der Waals surface area contributed by atoms with Gasteiger partial charge in [0.2, 0.25) is 0 Å². The zero-order valence-electron chi connectivity index (χ0n) is 11.4. The second-order valence-electron chi connectivity index (χ2n) is 5.14. The van der Waals surface area contributed by atoms with Crippen molar-refractivity contribution in [2.45, 2.75) is 19.4 Å². The van der Waals surface area contributed by atoms with E-state index in [2.05, 4.69) is 29.4 Å². The van der Waals surface area contributed by atoms with Gasteiger partial charge in [-0.25, -0.2) is 4.79 Å². The number of anilines is 2. The van der Waals surface area contributed by atoms with Crippen LogP contribution in [0.15, 0.2) is 24.3 Å². The molecule has 0 spiro atoms. The average Bonchev–Trinajstić information content (AvgIpc) is 2.29. The molecule has 0 aliphatic rings. The molecule has 0 unspecified atom stereocenters. The Morgan fingerprint density at radius 2 is 1.83 bits per heavy atom. The van der Waals surface area contributed by atoms with E-state index in [9.17, 15) is 4.79 Å². The fourth-order valence-corrected chi connectivity index (χ4v) is 1.20. The number of urea groups is 1. The summed E-state index contributed by atoms with van der Waals surface area (Å²) in [7, 11) is 3.97. The van der Waals surface area contributed by atoms with E-state index in [4.69, 9.17) is 5.73 Å². The third kappa shape index (κ3) is 4.25. The Morgan fingerprint density at radius 1 is 1.28 bits per heavy atom. The summed E-state index contributed by atoms with van der Waals surface area (Å²) in [5.74, 6) is 0. The van der Waals surface area contributed by atoms with Gasteiger partial charge in [0.25, 0.3) is 0 Å². The van der Waals surface area contributed by atoms with Crippen LogP contribution in [0.5, 0.6) is 0 Å². The second kappa shape index (κ2) is 5.73. The van der Waals surface area contributed by atoms with Gasteiger partial charge in [-0.15, -0.1) is 0 Å². The van der Waals surface area contributed by atoms with Gasteiger partial charge < -0.3 is 21.3 Å². The number of benzene rings is 1. The van der Waals surface area contributed by atoms with Crippen LogP contribution in [0.4, 0.5) is 16.2 Å². The van der Waals surface area contributed by atoms with Gasteiger partial charge in [0, 0.05) is 23.5 Å². The van der Waals surface area contributed by atoms with Crippen molar-refractivity contribution in [1.82, 2.24) is 10.2 Å². The molecule has 5 heteroatoms. The van der Waals surface area contributed by atoms with Crippen LogP contribution in [-0.4, -0.2) is 37.1 Å². The lowest BCUT2D eigenvalue weighted by atomic mass is 10.1. The molecule has 0 aliphatic carbocycles. The van der Waals surface area contributed by atoms with Crippen LogP contribution in [0.3, 0.4) is 0 Å². The number of hydrogen-bond acceptors (Lipinski definition) is 3. The highest BCUT2D eigenvalue weighted by molar-refractivity contribution is 5.89. The molecule has 0 aromatic heterocycles. The number of hydrogen-bond donors (Lipinski definition) is 3. The van der Waals surface area contributed by atoms with Gasteiger partial charge in [-0.1, -0.05) is 0 Å². The fraction of sp³-hybridized carbons (Fsp3) is 0.462. The summed E-state index contributed by atoms with van der Waals surface area (Å²) in [5.41, 5.74) is 6.89. The van der Waals surface area contributed by atoms with Crippen molar-refractivity contribution < 1.29 is 4.79 Å². The predicted octanol–water partition coefficient (Wildman–Crippen LogP) is 1.73. The Kier molecular flexibility index (Phi) is 4.55. The highest BCUT2D eigenvalue weighted by Gasteiger charge is 2.20. The van der Waals surface area contributed by atoms with Gasteiger partial charge in [0.05, 0.1) is 0 Å². The van der Waals surface area contributed by atoms with E-state index in [1.165, 1.54) is 0 Å². The molecular formula is C13H22N4O. The van der Waals surface area contributed by atoms with E-state index >= 15 is 0 Å². The van der Waals surface area contributed by atoms with Crippen molar-refractivity contribution in [2.75, 3.05) is 31.7 Å². The number of nitrogens with one attached hydrogen (secondary N) is 2. The molecule has 0 fully saturated rings. The number of nitrogens with two attached hydrogens (primary N) is 1. The lowest BCUT2D eigenvalue weighted by molar-refractivity contribution is 0.189. The number of rotatable bonds is 4. The first kappa shape index (κ1) is 14.3. The summed E-state index contributed by atoms with van der Waals surface area (Å²) >= 11 is 0. The molecule has 1 aromatic rings. The summed E-state index contributed by atoms with van der Waals surface area (Å²) in [5, 5.41) is 5.60. The predicted molar refractivity (Wildman–Crippen MR) is 75.6 cm³/mol. The molecule has 0 atom stereocenters. The van der Waals surface area contributed by atoms with E-state index in [1.807, 2.05) is 14.1 Å². The first-order chi connectivity index (χ1) is 8.31. The van der Waals surface area contributed by atoms with Crippen molar-refractivity contribution in [2.24, 2.45) is 0 Å². The van der Waals surface area contributed by atoms with Gasteiger partial charge in [-0.3, -0.25) is 0 Å². The summed E-state index contributed by atoms with van der Waals surface area (Å²) in [6.45, 7) is 4.70. The van der Waals surface area contributed by atoms with E-state index in [0.29, 0.717) is 12.2 Å². The third-order valence-electron chi connectivity index (χ3n) is 3.06. The molecule has 4 N–H and O–H groups in total. The summed E-state index contributed by atoms with van der Waals surface area (Å²) in [4.78, 5) is 13.8. The summed E-state index contributed by atoms with van der Waals surface area (Å²) in [6, 6.07) is 6.83. The van der Waals surface area contributed by atoms with Crippen LogP contribution in [-0.2, 0) is 0 Å². The highest BCUT2D eigenvalue weighted by atomic mass is 16.2. The average molecular weight is 250 g/mol. The van der Waals surface area contributed by atoms with Crippen LogP contribution in [0.25, 0.3) is 0 Å².